The summed E-state index contributed by atoms with van der Waals surface area (Å²) in [5, 5.41) is 0. The van der Waals surface area contributed by atoms with Crippen LogP contribution in [0.2, 0.25) is 0 Å². The quantitative estimate of drug-likeness (QED) is 0.792. The first-order chi connectivity index (χ1) is 13.3. The third-order valence-electron chi connectivity index (χ3n) is 5.40. The number of hydrogen-bond acceptors (Lipinski definition) is 3. The van der Waals surface area contributed by atoms with Crippen LogP contribution in [0.25, 0.3) is 11.1 Å². The van der Waals surface area contributed by atoms with Crippen molar-refractivity contribution in [3.05, 3.63) is 60.2 Å². The van der Waals surface area contributed by atoms with E-state index in [1.54, 1.807) is 4.90 Å². The molecule has 2 heterocycles. The molecule has 5 nitrogen and oxygen atoms in total. The molecule has 0 saturated carbocycles. The van der Waals surface area contributed by atoms with Crippen LogP contribution in [-0.2, 0) is 4.74 Å². The van der Waals surface area contributed by atoms with Crippen LogP contribution in [0, 0.1) is 5.92 Å². The SMILES string of the molecule is CC(C)(C)OC(=O)N1CC2CN(C(=O)c3ccccc3-c3ccccc3)CC21. The number of carbonyl (C=O) groups excluding carboxylic acids is 2. The van der Waals surface area contributed by atoms with Gasteiger partial charge in [0.1, 0.15) is 5.60 Å². The zero-order chi connectivity index (χ0) is 19.9. The number of amides is 2. The van der Waals surface area contributed by atoms with Crippen LogP contribution in [0.4, 0.5) is 4.79 Å². The summed E-state index contributed by atoms with van der Waals surface area (Å²) in [5.74, 6) is 0.360. The van der Waals surface area contributed by atoms with Crippen LogP contribution in [-0.4, -0.2) is 53.1 Å². The molecule has 4 rings (SSSR count). The van der Waals surface area contributed by atoms with Gasteiger partial charge in [-0.25, -0.2) is 4.79 Å². The molecule has 2 fully saturated rings. The molecular weight excluding hydrogens is 352 g/mol. The number of ether oxygens (including phenoxy) is 1. The molecule has 5 heteroatoms. The van der Waals surface area contributed by atoms with Crippen molar-refractivity contribution in [1.82, 2.24) is 9.80 Å². The largest absolute Gasteiger partial charge is 0.444 e. The number of fused-ring (bicyclic) bond motifs is 1. The fourth-order valence-electron chi connectivity index (χ4n) is 4.04. The first-order valence-corrected chi connectivity index (χ1v) is 9.77. The Kier molecular flexibility index (Phi) is 4.61. The standard InChI is InChI=1S/C23H26N2O3/c1-23(2,3)28-22(27)25-14-17-13-24(15-20(17)25)21(26)19-12-8-7-11-18(19)16-9-5-4-6-10-16/h4-12,17,20H,13-15H2,1-3H3. The summed E-state index contributed by atoms with van der Waals surface area (Å²) in [6.07, 6.45) is -0.285. The first-order valence-electron chi connectivity index (χ1n) is 9.77. The third-order valence-corrected chi connectivity index (χ3v) is 5.40. The average Bonchev–Trinajstić information content (AvgIpc) is 2.97. The third kappa shape index (κ3) is 3.49. The molecule has 0 bridgehead atoms. The molecule has 2 aromatic rings. The van der Waals surface area contributed by atoms with E-state index in [-0.39, 0.29) is 18.0 Å². The van der Waals surface area contributed by atoms with Crippen LogP contribution in [0.5, 0.6) is 0 Å². The predicted octanol–water partition coefficient (Wildman–Crippen LogP) is 4.04. The Morgan fingerprint density at radius 1 is 0.929 bits per heavy atom. The fraction of sp³-hybridized carbons (Fsp3) is 0.391. The maximum absolute atomic E-state index is 13.3. The lowest BCUT2D eigenvalue weighted by molar-refractivity contribution is -0.0164. The van der Waals surface area contributed by atoms with Gasteiger partial charge in [-0.3, -0.25) is 4.79 Å². The topological polar surface area (TPSA) is 49.9 Å². The van der Waals surface area contributed by atoms with Crippen LogP contribution >= 0.6 is 0 Å². The van der Waals surface area contributed by atoms with Gasteiger partial charge < -0.3 is 14.5 Å². The summed E-state index contributed by atoms with van der Waals surface area (Å²) in [6, 6.07) is 17.7. The summed E-state index contributed by atoms with van der Waals surface area (Å²) >= 11 is 0. The molecule has 2 atom stereocenters. The molecule has 2 aliphatic heterocycles. The second kappa shape index (κ2) is 6.97. The van der Waals surface area contributed by atoms with Crippen LogP contribution < -0.4 is 0 Å². The van der Waals surface area contributed by atoms with E-state index in [4.69, 9.17) is 4.74 Å². The van der Waals surface area contributed by atoms with Crippen molar-refractivity contribution in [3.63, 3.8) is 0 Å². The van der Waals surface area contributed by atoms with Gasteiger partial charge in [-0.05, 0) is 38.0 Å². The smallest absolute Gasteiger partial charge is 0.410 e. The fourth-order valence-corrected chi connectivity index (χ4v) is 4.04. The molecule has 2 saturated heterocycles. The summed E-state index contributed by atoms with van der Waals surface area (Å²) in [7, 11) is 0. The van der Waals surface area contributed by atoms with Crippen molar-refractivity contribution in [2.75, 3.05) is 19.6 Å². The van der Waals surface area contributed by atoms with Gasteiger partial charge in [-0.2, -0.15) is 0 Å². The highest BCUT2D eigenvalue weighted by molar-refractivity contribution is 6.01. The van der Waals surface area contributed by atoms with Crippen molar-refractivity contribution in [2.45, 2.75) is 32.4 Å². The lowest BCUT2D eigenvalue weighted by atomic mass is 9.93. The Morgan fingerprint density at radius 3 is 2.32 bits per heavy atom. The Morgan fingerprint density at radius 2 is 1.61 bits per heavy atom. The molecule has 2 unspecified atom stereocenters. The van der Waals surface area contributed by atoms with Crippen molar-refractivity contribution in [1.29, 1.82) is 0 Å². The minimum atomic E-state index is -0.509. The maximum Gasteiger partial charge on any atom is 0.410 e. The van der Waals surface area contributed by atoms with E-state index < -0.39 is 5.60 Å². The van der Waals surface area contributed by atoms with Gasteiger partial charge in [-0.15, -0.1) is 0 Å². The van der Waals surface area contributed by atoms with Gasteiger partial charge in [0.25, 0.3) is 5.91 Å². The first kappa shape index (κ1) is 18.5. The van der Waals surface area contributed by atoms with Gasteiger partial charge in [0, 0.05) is 31.1 Å². The van der Waals surface area contributed by atoms with E-state index in [1.165, 1.54) is 0 Å². The number of nitrogens with zero attached hydrogens (tertiary/aromatic N) is 2. The summed E-state index contributed by atoms with van der Waals surface area (Å²) in [6.45, 7) is 7.51. The van der Waals surface area contributed by atoms with Gasteiger partial charge >= 0.3 is 6.09 Å². The zero-order valence-electron chi connectivity index (χ0n) is 16.6. The maximum atomic E-state index is 13.3. The summed E-state index contributed by atoms with van der Waals surface area (Å²) in [5.41, 5.74) is 2.17. The highest BCUT2D eigenvalue weighted by Gasteiger charge is 2.50. The molecule has 0 radical (unpaired) electrons. The second-order valence-electron chi connectivity index (χ2n) is 8.58. The highest BCUT2D eigenvalue weighted by atomic mass is 16.6. The molecule has 2 amide bonds. The van der Waals surface area contributed by atoms with E-state index in [2.05, 4.69) is 0 Å². The molecule has 28 heavy (non-hydrogen) atoms. The molecule has 0 spiro atoms. The Bertz CT molecular complexity index is 888. The lowest BCUT2D eigenvalue weighted by Crippen LogP contribution is -2.59. The molecule has 2 aliphatic rings. The minimum absolute atomic E-state index is 0.0259. The summed E-state index contributed by atoms with van der Waals surface area (Å²) in [4.78, 5) is 29.3. The normalized spacial score (nSPS) is 21.1. The van der Waals surface area contributed by atoms with Crippen molar-refractivity contribution >= 4 is 12.0 Å². The zero-order valence-corrected chi connectivity index (χ0v) is 16.6. The Labute approximate surface area is 165 Å². The van der Waals surface area contributed by atoms with Gasteiger partial charge in [0.15, 0.2) is 0 Å². The highest BCUT2D eigenvalue weighted by Crippen LogP contribution is 2.35. The van der Waals surface area contributed by atoms with E-state index in [0.717, 1.165) is 11.1 Å². The van der Waals surface area contributed by atoms with E-state index in [0.29, 0.717) is 31.1 Å². The Hall–Kier alpha value is -2.82. The molecule has 146 valence electrons. The monoisotopic (exact) mass is 378 g/mol. The van der Waals surface area contributed by atoms with Gasteiger partial charge in [0.05, 0.1) is 6.04 Å². The molecule has 0 aromatic heterocycles. The van der Waals surface area contributed by atoms with E-state index >= 15 is 0 Å². The Balaban J connectivity index is 1.49. The number of hydrogen-bond donors (Lipinski definition) is 0. The van der Waals surface area contributed by atoms with Gasteiger partial charge in [-0.1, -0.05) is 48.5 Å². The number of carbonyl (C=O) groups is 2. The lowest BCUT2D eigenvalue weighted by Gasteiger charge is -2.43. The number of likely N-dealkylation sites (tertiary alicyclic amines) is 2. The summed E-state index contributed by atoms with van der Waals surface area (Å²) < 4.78 is 5.49. The predicted molar refractivity (Wildman–Crippen MR) is 108 cm³/mol. The molecule has 0 N–H and O–H groups in total. The minimum Gasteiger partial charge on any atom is -0.444 e. The van der Waals surface area contributed by atoms with Crippen molar-refractivity contribution < 1.29 is 14.3 Å². The molecule has 0 aliphatic carbocycles. The van der Waals surface area contributed by atoms with Crippen LogP contribution in [0.15, 0.2) is 54.6 Å². The van der Waals surface area contributed by atoms with Gasteiger partial charge in [0.2, 0.25) is 0 Å². The molecule has 2 aromatic carbocycles. The van der Waals surface area contributed by atoms with Crippen LogP contribution in [0.3, 0.4) is 0 Å². The second-order valence-corrected chi connectivity index (χ2v) is 8.58. The molecular formula is C23H26N2O3. The average molecular weight is 378 g/mol. The van der Waals surface area contributed by atoms with Crippen molar-refractivity contribution in [2.24, 2.45) is 5.92 Å². The number of benzene rings is 2. The number of rotatable bonds is 2. The van der Waals surface area contributed by atoms with Crippen molar-refractivity contribution in [3.8, 4) is 11.1 Å². The van der Waals surface area contributed by atoms with E-state index in [9.17, 15) is 9.59 Å². The van der Waals surface area contributed by atoms with E-state index in [1.807, 2.05) is 80.3 Å². The van der Waals surface area contributed by atoms with Crippen LogP contribution in [0.1, 0.15) is 31.1 Å².